The lowest BCUT2D eigenvalue weighted by Crippen LogP contribution is -2.17. The normalized spacial score (nSPS) is 16.6. The van der Waals surface area contributed by atoms with Crippen molar-refractivity contribution in [2.75, 3.05) is 18.4 Å². The topological polar surface area (TPSA) is 78.4 Å². The lowest BCUT2D eigenvalue weighted by Gasteiger charge is -2.20. The maximum absolute atomic E-state index is 6.24. The molecule has 3 heterocycles. The molecular formula is C18H13BrN4O3S. The number of nitrogens with zero attached hydrogens (tertiary/aromatic N) is 3. The van der Waals surface area contributed by atoms with Crippen LogP contribution in [0.3, 0.4) is 0 Å². The number of nitrogens with one attached hydrogen (secondary N) is 1. The first-order chi connectivity index (χ1) is 13.2. The summed E-state index contributed by atoms with van der Waals surface area (Å²) in [6.07, 6.45) is 1.40. The molecule has 0 amide bonds. The Hall–Kier alpha value is -2.52. The monoisotopic (exact) mass is 444 g/mol. The van der Waals surface area contributed by atoms with Crippen molar-refractivity contribution in [2.24, 2.45) is 0 Å². The van der Waals surface area contributed by atoms with Crippen LogP contribution >= 0.6 is 27.7 Å². The molecule has 0 unspecified atom stereocenters. The summed E-state index contributed by atoms with van der Waals surface area (Å²) in [7, 11) is 0. The average Bonchev–Trinajstić information content (AvgIpc) is 3.07. The largest absolute Gasteiger partial charge is 0.454 e. The molecule has 0 saturated heterocycles. The molecular weight excluding hydrogens is 432 g/mol. The van der Waals surface area contributed by atoms with E-state index in [1.54, 1.807) is 0 Å². The zero-order valence-corrected chi connectivity index (χ0v) is 16.5. The highest BCUT2D eigenvalue weighted by Gasteiger charge is 2.29. The Bertz CT molecular complexity index is 1050. The second-order valence-corrected chi connectivity index (χ2v) is 7.49. The van der Waals surface area contributed by atoms with Gasteiger partial charge in [0.15, 0.2) is 23.4 Å². The van der Waals surface area contributed by atoms with Crippen molar-refractivity contribution in [3.05, 3.63) is 46.4 Å². The van der Waals surface area contributed by atoms with E-state index < -0.39 is 6.23 Å². The van der Waals surface area contributed by atoms with Crippen LogP contribution in [0.2, 0.25) is 0 Å². The van der Waals surface area contributed by atoms with Crippen molar-refractivity contribution in [3.63, 3.8) is 0 Å². The van der Waals surface area contributed by atoms with Crippen LogP contribution in [0.15, 0.2) is 46.0 Å². The SMILES string of the molecule is CSc1nnc2c(n1)O[C@H](c1cc3c(cc1Br)OCO3)Nc1ccccc1-2. The van der Waals surface area contributed by atoms with E-state index in [9.17, 15) is 0 Å². The molecule has 9 heteroatoms. The Labute approximate surface area is 167 Å². The van der Waals surface area contributed by atoms with E-state index in [4.69, 9.17) is 14.2 Å². The molecule has 0 fully saturated rings. The molecule has 27 heavy (non-hydrogen) atoms. The molecule has 5 rings (SSSR count). The standard InChI is InChI=1S/C18H13BrN4O3S/c1-27-18-21-17-15(22-23-18)9-4-2-3-5-12(9)20-16(26-17)10-6-13-14(7-11(10)19)25-8-24-13/h2-7,16,20H,8H2,1H3/t16-/m1/s1. The van der Waals surface area contributed by atoms with Crippen LogP contribution in [0.5, 0.6) is 17.4 Å². The zero-order chi connectivity index (χ0) is 18.4. The predicted molar refractivity (Wildman–Crippen MR) is 104 cm³/mol. The van der Waals surface area contributed by atoms with Crippen molar-refractivity contribution in [1.29, 1.82) is 0 Å². The van der Waals surface area contributed by atoms with Gasteiger partial charge in [-0.05, 0) is 24.5 Å². The summed E-state index contributed by atoms with van der Waals surface area (Å²) in [6, 6.07) is 11.6. The highest BCUT2D eigenvalue weighted by atomic mass is 79.9. The van der Waals surface area contributed by atoms with E-state index in [0.29, 0.717) is 28.2 Å². The number of benzene rings is 2. The summed E-state index contributed by atoms with van der Waals surface area (Å²) in [6.45, 7) is 0.212. The van der Waals surface area contributed by atoms with Crippen LogP contribution in [-0.4, -0.2) is 28.2 Å². The Morgan fingerprint density at radius 2 is 1.96 bits per heavy atom. The number of para-hydroxylation sites is 1. The Morgan fingerprint density at radius 1 is 1.15 bits per heavy atom. The molecule has 3 aromatic rings. The van der Waals surface area contributed by atoms with Crippen molar-refractivity contribution in [2.45, 2.75) is 11.4 Å². The van der Waals surface area contributed by atoms with Crippen LogP contribution < -0.4 is 19.5 Å². The van der Waals surface area contributed by atoms with E-state index in [0.717, 1.165) is 21.3 Å². The van der Waals surface area contributed by atoms with Crippen molar-refractivity contribution >= 4 is 33.4 Å². The molecule has 0 radical (unpaired) electrons. The average molecular weight is 445 g/mol. The van der Waals surface area contributed by atoms with E-state index >= 15 is 0 Å². The number of hydrogen-bond donors (Lipinski definition) is 1. The molecule has 0 aliphatic carbocycles. The lowest BCUT2D eigenvalue weighted by molar-refractivity contribution is 0.173. The summed E-state index contributed by atoms with van der Waals surface area (Å²) in [5.74, 6) is 1.82. The molecule has 1 aromatic heterocycles. The van der Waals surface area contributed by atoms with Gasteiger partial charge in [0.05, 0.1) is 0 Å². The number of hydrogen-bond acceptors (Lipinski definition) is 8. The van der Waals surface area contributed by atoms with Gasteiger partial charge in [-0.25, -0.2) is 0 Å². The Morgan fingerprint density at radius 3 is 2.81 bits per heavy atom. The van der Waals surface area contributed by atoms with E-state index in [1.165, 1.54) is 11.8 Å². The second kappa shape index (κ2) is 6.58. The van der Waals surface area contributed by atoms with Crippen LogP contribution in [0.4, 0.5) is 5.69 Å². The fourth-order valence-electron chi connectivity index (χ4n) is 3.01. The maximum atomic E-state index is 6.24. The van der Waals surface area contributed by atoms with Gasteiger partial charge in [-0.15, -0.1) is 10.2 Å². The second-order valence-electron chi connectivity index (χ2n) is 5.87. The molecule has 1 N–H and O–H groups in total. The van der Waals surface area contributed by atoms with E-state index in [-0.39, 0.29) is 6.79 Å². The number of anilines is 1. The first-order valence-corrected chi connectivity index (χ1v) is 10.1. The molecule has 7 nitrogen and oxygen atoms in total. The summed E-state index contributed by atoms with van der Waals surface area (Å²) in [5.41, 5.74) is 3.25. The number of thioether (sulfide) groups is 1. The summed E-state index contributed by atoms with van der Waals surface area (Å²) < 4.78 is 18.1. The first-order valence-electron chi connectivity index (χ1n) is 8.13. The minimum atomic E-state index is -0.498. The Kier molecular flexibility index (Phi) is 4.05. The molecule has 2 aliphatic rings. The fourth-order valence-corrected chi connectivity index (χ4v) is 3.84. The first kappa shape index (κ1) is 16.6. The smallest absolute Gasteiger partial charge is 0.247 e. The summed E-state index contributed by atoms with van der Waals surface area (Å²) in [5, 5.41) is 12.5. The van der Waals surface area contributed by atoms with Crippen molar-refractivity contribution < 1.29 is 14.2 Å². The molecule has 136 valence electrons. The van der Waals surface area contributed by atoms with Crippen LogP contribution in [0.25, 0.3) is 11.3 Å². The summed E-state index contributed by atoms with van der Waals surface area (Å²) >= 11 is 5.03. The Balaban J connectivity index is 1.66. The van der Waals surface area contributed by atoms with Gasteiger partial charge in [0.1, 0.15) is 0 Å². The quantitative estimate of drug-likeness (QED) is 0.587. The van der Waals surface area contributed by atoms with Gasteiger partial charge in [0.2, 0.25) is 17.8 Å². The van der Waals surface area contributed by atoms with Crippen molar-refractivity contribution in [1.82, 2.24) is 15.2 Å². The number of halogens is 1. The van der Waals surface area contributed by atoms with E-state index in [1.807, 2.05) is 42.7 Å². The molecule has 0 spiro atoms. The zero-order valence-electron chi connectivity index (χ0n) is 14.1. The van der Waals surface area contributed by atoms with Crippen LogP contribution in [0, 0.1) is 0 Å². The van der Waals surface area contributed by atoms with Gasteiger partial charge in [-0.2, -0.15) is 4.98 Å². The van der Waals surface area contributed by atoms with Gasteiger partial charge >= 0.3 is 0 Å². The maximum Gasteiger partial charge on any atom is 0.247 e. The minimum absolute atomic E-state index is 0.212. The third kappa shape index (κ3) is 2.87. The van der Waals surface area contributed by atoms with Crippen LogP contribution in [-0.2, 0) is 0 Å². The number of aromatic nitrogens is 3. The van der Waals surface area contributed by atoms with Crippen molar-refractivity contribution in [3.8, 4) is 28.6 Å². The van der Waals surface area contributed by atoms with Gasteiger partial charge in [0, 0.05) is 21.3 Å². The molecule has 0 saturated carbocycles. The molecule has 2 aromatic carbocycles. The molecule has 2 aliphatic heterocycles. The number of ether oxygens (including phenoxy) is 3. The van der Waals surface area contributed by atoms with Gasteiger partial charge in [-0.3, -0.25) is 0 Å². The minimum Gasteiger partial charge on any atom is -0.454 e. The van der Waals surface area contributed by atoms with Gasteiger partial charge in [0.25, 0.3) is 0 Å². The molecule has 1 atom stereocenters. The number of fused-ring (bicyclic) bond motifs is 4. The highest BCUT2D eigenvalue weighted by molar-refractivity contribution is 9.10. The van der Waals surface area contributed by atoms with Gasteiger partial charge < -0.3 is 19.5 Å². The van der Waals surface area contributed by atoms with Gasteiger partial charge in [-0.1, -0.05) is 45.9 Å². The number of rotatable bonds is 2. The van der Waals surface area contributed by atoms with Crippen LogP contribution in [0.1, 0.15) is 11.8 Å². The predicted octanol–water partition coefficient (Wildman–Crippen LogP) is 4.25. The lowest BCUT2D eigenvalue weighted by atomic mass is 10.1. The fraction of sp³-hybridized carbons (Fsp3) is 0.167. The van der Waals surface area contributed by atoms with E-state index in [2.05, 4.69) is 36.4 Å². The molecule has 0 bridgehead atoms. The summed E-state index contributed by atoms with van der Waals surface area (Å²) in [4.78, 5) is 4.52. The highest BCUT2D eigenvalue weighted by Crippen LogP contribution is 2.44. The third-order valence-corrected chi connectivity index (χ3v) is 5.52. The third-order valence-electron chi connectivity index (χ3n) is 4.29.